The lowest BCUT2D eigenvalue weighted by Gasteiger charge is -2.34. The maximum Gasteiger partial charge on any atom is 0.323 e. The van der Waals surface area contributed by atoms with Gasteiger partial charge in [-0.1, -0.05) is 11.3 Å². The number of benzene rings is 1. The molecule has 10 heteroatoms. The number of methoxy groups -OCH3 is 1. The molecule has 3 heterocycles. The van der Waals surface area contributed by atoms with Crippen molar-refractivity contribution in [3.05, 3.63) is 40.3 Å². The molecule has 162 valence electrons. The van der Waals surface area contributed by atoms with Crippen LogP contribution in [0, 0.1) is 0 Å². The van der Waals surface area contributed by atoms with Crippen LogP contribution in [0.1, 0.15) is 29.5 Å². The van der Waals surface area contributed by atoms with E-state index in [2.05, 4.69) is 25.8 Å². The van der Waals surface area contributed by atoms with Crippen LogP contribution >= 0.6 is 22.7 Å². The topological polar surface area (TPSA) is 83.5 Å². The summed E-state index contributed by atoms with van der Waals surface area (Å²) in [5.41, 5.74) is 2.16. The van der Waals surface area contributed by atoms with Crippen LogP contribution in [0.5, 0.6) is 5.75 Å². The lowest BCUT2D eigenvalue weighted by molar-refractivity contribution is 0.142. The van der Waals surface area contributed by atoms with Gasteiger partial charge in [0.1, 0.15) is 15.8 Å². The maximum absolute atomic E-state index is 12.5. The Kier molecular flexibility index (Phi) is 5.84. The van der Waals surface area contributed by atoms with Crippen LogP contribution in [0.25, 0.3) is 10.6 Å². The lowest BCUT2D eigenvalue weighted by Crippen LogP contribution is -2.49. The molecule has 1 aliphatic carbocycles. The summed E-state index contributed by atoms with van der Waals surface area (Å²) in [6, 6.07) is 7.88. The predicted octanol–water partition coefficient (Wildman–Crippen LogP) is 3.90. The van der Waals surface area contributed by atoms with Crippen molar-refractivity contribution >= 4 is 33.8 Å². The quantitative estimate of drug-likeness (QED) is 0.606. The average molecular weight is 457 g/mol. The number of hydrogen-bond donors (Lipinski definition) is 1. The van der Waals surface area contributed by atoms with E-state index in [0.29, 0.717) is 24.1 Å². The van der Waals surface area contributed by atoms with Gasteiger partial charge in [-0.05, 0) is 37.1 Å². The summed E-state index contributed by atoms with van der Waals surface area (Å²) < 4.78 is 5.22. The Morgan fingerprint density at radius 1 is 1.16 bits per heavy atom. The van der Waals surface area contributed by atoms with Gasteiger partial charge in [-0.2, -0.15) is 0 Å². The van der Waals surface area contributed by atoms with Crippen molar-refractivity contribution in [2.24, 2.45) is 0 Å². The molecule has 0 unspecified atom stereocenters. The van der Waals surface area contributed by atoms with Crippen molar-refractivity contribution in [3.8, 4) is 16.3 Å². The first-order valence-corrected chi connectivity index (χ1v) is 12.1. The SMILES string of the molecule is COc1ccc(-c2nc(CN3CCN(C(=O)Nc4nnc(C5CC5)s4)CC3)cs2)cc1. The maximum atomic E-state index is 12.5. The zero-order chi connectivity index (χ0) is 21.2. The van der Waals surface area contributed by atoms with E-state index in [4.69, 9.17) is 9.72 Å². The molecule has 2 amide bonds. The Morgan fingerprint density at radius 2 is 1.94 bits per heavy atom. The van der Waals surface area contributed by atoms with Crippen LogP contribution < -0.4 is 10.1 Å². The van der Waals surface area contributed by atoms with Crippen LogP contribution in [0.3, 0.4) is 0 Å². The second-order valence-corrected chi connectivity index (χ2v) is 9.65. The largest absolute Gasteiger partial charge is 0.497 e. The number of anilines is 1. The van der Waals surface area contributed by atoms with Gasteiger partial charge in [0.25, 0.3) is 0 Å². The van der Waals surface area contributed by atoms with Crippen molar-refractivity contribution in [1.82, 2.24) is 25.0 Å². The Labute approximate surface area is 188 Å². The summed E-state index contributed by atoms with van der Waals surface area (Å²) in [5, 5.41) is 16.0. The highest BCUT2D eigenvalue weighted by Crippen LogP contribution is 2.42. The number of nitrogens with zero attached hydrogens (tertiary/aromatic N) is 5. The molecular formula is C21H24N6O2S2. The third kappa shape index (κ3) is 4.86. The molecule has 0 bridgehead atoms. The Balaban J connectivity index is 1.11. The average Bonchev–Trinajstić information content (AvgIpc) is 3.37. The van der Waals surface area contributed by atoms with Crippen molar-refractivity contribution < 1.29 is 9.53 Å². The molecule has 1 saturated heterocycles. The number of rotatable bonds is 6. The van der Waals surface area contributed by atoms with Gasteiger partial charge in [-0.15, -0.1) is 21.5 Å². The molecule has 2 aromatic heterocycles. The molecule has 1 aliphatic heterocycles. The highest BCUT2D eigenvalue weighted by molar-refractivity contribution is 7.15. The normalized spacial score (nSPS) is 17.0. The summed E-state index contributed by atoms with van der Waals surface area (Å²) in [6.45, 7) is 3.83. The van der Waals surface area contributed by atoms with Gasteiger partial charge in [0.15, 0.2) is 0 Å². The van der Waals surface area contributed by atoms with Gasteiger partial charge in [0.05, 0.1) is 12.8 Å². The molecule has 31 heavy (non-hydrogen) atoms. The van der Waals surface area contributed by atoms with Crippen molar-refractivity contribution in [3.63, 3.8) is 0 Å². The molecular weight excluding hydrogens is 432 g/mol. The first-order valence-electron chi connectivity index (χ1n) is 10.4. The number of hydrogen-bond acceptors (Lipinski definition) is 8. The van der Waals surface area contributed by atoms with Crippen molar-refractivity contribution in [2.45, 2.75) is 25.3 Å². The summed E-state index contributed by atoms with van der Waals surface area (Å²) in [7, 11) is 1.67. The highest BCUT2D eigenvalue weighted by atomic mass is 32.1. The van der Waals surface area contributed by atoms with Crippen LogP contribution in [0.4, 0.5) is 9.93 Å². The van der Waals surface area contributed by atoms with Gasteiger partial charge in [0, 0.05) is 49.6 Å². The molecule has 0 atom stereocenters. The number of urea groups is 1. The Bertz CT molecular complexity index is 1040. The zero-order valence-corrected chi connectivity index (χ0v) is 18.9. The van der Waals surface area contributed by atoms with Gasteiger partial charge >= 0.3 is 6.03 Å². The summed E-state index contributed by atoms with van der Waals surface area (Å²) in [5.74, 6) is 1.40. The number of thiazole rings is 1. The highest BCUT2D eigenvalue weighted by Gasteiger charge is 2.28. The van der Waals surface area contributed by atoms with Gasteiger partial charge in [-0.25, -0.2) is 9.78 Å². The molecule has 1 N–H and O–H groups in total. The fourth-order valence-electron chi connectivity index (χ4n) is 3.53. The standard InChI is InChI=1S/C21H24N6O2S2/c1-29-17-6-4-14(5-7-17)18-22-16(13-30-18)12-26-8-10-27(11-9-26)21(28)23-20-25-24-19(31-20)15-2-3-15/h4-7,13,15H,2-3,8-12H2,1H3,(H,23,25,28). The minimum Gasteiger partial charge on any atom is -0.497 e. The van der Waals surface area contributed by atoms with E-state index in [9.17, 15) is 4.79 Å². The molecule has 8 nitrogen and oxygen atoms in total. The summed E-state index contributed by atoms with van der Waals surface area (Å²) in [4.78, 5) is 21.5. The molecule has 3 aromatic rings. The van der Waals surface area contributed by atoms with Crippen LogP contribution in [-0.4, -0.2) is 64.3 Å². The molecule has 1 aromatic carbocycles. The Hall–Kier alpha value is -2.56. The van der Waals surface area contributed by atoms with E-state index in [1.807, 2.05) is 29.2 Å². The fraction of sp³-hybridized carbons (Fsp3) is 0.429. The third-order valence-electron chi connectivity index (χ3n) is 5.51. The minimum atomic E-state index is -0.0893. The number of carbonyl (C=O) groups excluding carboxylic acids is 1. The van der Waals surface area contributed by atoms with Gasteiger partial charge in [0.2, 0.25) is 5.13 Å². The number of carbonyl (C=O) groups is 1. The molecule has 0 spiro atoms. The first kappa shape index (κ1) is 20.3. The van der Waals surface area contributed by atoms with Crippen molar-refractivity contribution in [2.75, 3.05) is 38.6 Å². The second-order valence-electron chi connectivity index (χ2n) is 7.79. The minimum absolute atomic E-state index is 0.0893. The van der Waals surface area contributed by atoms with Crippen molar-refractivity contribution in [1.29, 1.82) is 0 Å². The number of amides is 2. The summed E-state index contributed by atoms with van der Waals surface area (Å²) in [6.07, 6.45) is 2.37. The van der Waals surface area contributed by atoms with E-state index in [1.54, 1.807) is 18.4 Å². The number of ether oxygens (including phenoxy) is 1. The predicted molar refractivity (Wildman–Crippen MR) is 122 cm³/mol. The van der Waals surface area contributed by atoms with Gasteiger partial charge < -0.3 is 9.64 Å². The van der Waals surface area contributed by atoms with Crippen LogP contribution in [0.15, 0.2) is 29.6 Å². The summed E-state index contributed by atoms with van der Waals surface area (Å²) >= 11 is 3.15. The first-order chi connectivity index (χ1) is 15.2. The molecule has 1 saturated carbocycles. The van der Waals surface area contributed by atoms with E-state index < -0.39 is 0 Å². The zero-order valence-electron chi connectivity index (χ0n) is 17.3. The Morgan fingerprint density at radius 3 is 2.65 bits per heavy atom. The van der Waals surface area contributed by atoms with E-state index >= 15 is 0 Å². The third-order valence-corrected chi connectivity index (χ3v) is 7.46. The molecule has 2 fully saturated rings. The van der Waals surface area contributed by atoms with E-state index in [1.165, 1.54) is 24.2 Å². The second kappa shape index (κ2) is 8.89. The van der Waals surface area contributed by atoms with Gasteiger partial charge in [-0.3, -0.25) is 10.2 Å². The smallest absolute Gasteiger partial charge is 0.323 e. The molecule has 2 aliphatic rings. The fourth-order valence-corrected chi connectivity index (χ4v) is 5.25. The number of aromatic nitrogens is 3. The molecule has 5 rings (SSSR count). The number of nitrogens with one attached hydrogen (secondary N) is 1. The lowest BCUT2D eigenvalue weighted by atomic mass is 10.2. The monoisotopic (exact) mass is 456 g/mol. The number of piperazine rings is 1. The van der Waals surface area contributed by atoms with Crippen LogP contribution in [-0.2, 0) is 6.54 Å². The van der Waals surface area contributed by atoms with E-state index in [-0.39, 0.29) is 6.03 Å². The van der Waals surface area contributed by atoms with Crippen LogP contribution in [0.2, 0.25) is 0 Å². The van der Waals surface area contributed by atoms with E-state index in [0.717, 1.165) is 46.7 Å². The molecule has 0 radical (unpaired) electrons.